The molecule has 1 atom stereocenters. The highest BCUT2D eigenvalue weighted by Crippen LogP contribution is 2.30. The maximum Gasteiger partial charge on any atom is 0.344 e. The van der Waals surface area contributed by atoms with Crippen LogP contribution in [-0.2, 0) is 11.3 Å². The number of rotatable bonds is 10. The van der Waals surface area contributed by atoms with E-state index in [2.05, 4.69) is 24.3 Å². The van der Waals surface area contributed by atoms with E-state index in [4.69, 9.17) is 14.9 Å². The van der Waals surface area contributed by atoms with E-state index < -0.39 is 12.1 Å². The summed E-state index contributed by atoms with van der Waals surface area (Å²) in [6.07, 6.45) is -0.928. The molecule has 0 unspecified atom stereocenters. The van der Waals surface area contributed by atoms with Crippen molar-refractivity contribution < 1.29 is 14.6 Å². The largest absolute Gasteiger partial charge is 0.479 e. The molecule has 0 bridgehead atoms. The van der Waals surface area contributed by atoms with Crippen molar-refractivity contribution >= 4 is 17.7 Å². The normalized spacial score (nSPS) is 11.8. The van der Waals surface area contributed by atoms with Crippen LogP contribution in [0.4, 0.5) is 0 Å². The fourth-order valence-electron chi connectivity index (χ4n) is 3.75. The van der Waals surface area contributed by atoms with E-state index in [1.165, 1.54) is 11.6 Å². The van der Waals surface area contributed by atoms with Gasteiger partial charge in [-0.1, -0.05) is 66.7 Å². The third-order valence-electron chi connectivity index (χ3n) is 5.49. The second kappa shape index (κ2) is 11.5. The first-order valence-corrected chi connectivity index (χ1v) is 12.3. The number of nitrogens with zero attached hydrogens (tertiary/aromatic N) is 2. The highest BCUT2D eigenvalue weighted by atomic mass is 32.2. The topological polar surface area (TPSA) is 81.4 Å². The molecule has 0 saturated heterocycles. The van der Waals surface area contributed by atoms with Crippen LogP contribution >= 0.6 is 11.8 Å². The summed E-state index contributed by atoms with van der Waals surface area (Å²) < 4.78 is 6.95. The molecule has 1 heterocycles. The Bertz CT molecular complexity index is 1290. The van der Waals surface area contributed by atoms with E-state index in [9.17, 15) is 9.59 Å². The number of carboxylic acid groups (broad SMARTS) is 1. The number of aliphatic carboxylic acids is 1. The van der Waals surface area contributed by atoms with Gasteiger partial charge in [-0.15, -0.1) is 11.8 Å². The standard InChI is InChI=1S/C28H26N2O4S/c1-20(28(32)33)34-23-13-8-14-24(19-23)35-18-17-30-26(31)16-15-25(29-30)27(21-9-4-2-5-10-21)22-11-6-3-7-12-22/h2-16,19-20,27H,17-18H2,1H3,(H,32,33)/t20-/m0/s1. The van der Waals surface area contributed by atoms with Gasteiger partial charge in [0, 0.05) is 16.7 Å². The van der Waals surface area contributed by atoms with Crippen LogP contribution in [0.25, 0.3) is 0 Å². The van der Waals surface area contributed by atoms with Crippen LogP contribution in [0.2, 0.25) is 0 Å². The summed E-state index contributed by atoms with van der Waals surface area (Å²) in [7, 11) is 0. The number of aromatic nitrogens is 2. The van der Waals surface area contributed by atoms with Crippen molar-refractivity contribution in [2.75, 3.05) is 5.75 Å². The summed E-state index contributed by atoms with van der Waals surface area (Å²) >= 11 is 1.55. The maximum absolute atomic E-state index is 12.6. The van der Waals surface area contributed by atoms with Gasteiger partial charge in [-0.05, 0) is 42.3 Å². The van der Waals surface area contributed by atoms with Gasteiger partial charge in [-0.3, -0.25) is 4.79 Å². The lowest BCUT2D eigenvalue weighted by molar-refractivity contribution is -0.144. The van der Waals surface area contributed by atoms with Gasteiger partial charge in [0.15, 0.2) is 6.10 Å². The Kier molecular flexibility index (Phi) is 8.00. The smallest absolute Gasteiger partial charge is 0.344 e. The lowest BCUT2D eigenvalue weighted by Gasteiger charge is -2.18. The van der Waals surface area contributed by atoms with Crippen molar-refractivity contribution in [2.24, 2.45) is 0 Å². The molecule has 0 aliphatic heterocycles. The summed E-state index contributed by atoms with van der Waals surface area (Å²) in [6.45, 7) is 1.93. The average Bonchev–Trinajstić information content (AvgIpc) is 2.87. The molecule has 3 aromatic carbocycles. The molecule has 6 nitrogen and oxygen atoms in total. The van der Waals surface area contributed by atoms with Crippen molar-refractivity contribution in [2.45, 2.75) is 30.4 Å². The zero-order chi connectivity index (χ0) is 24.6. The minimum atomic E-state index is -1.02. The number of hydrogen-bond donors (Lipinski definition) is 1. The predicted molar refractivity (Wildman–Crippen MR) is 137 cm³/mol. The number of carboxylic acids is 1. The van der Waals surface area contributed by atoms with E-state index in [1.807, 2.05) is 48.5 Å². The summed E-state index contributed by atoms with van der Waals surface area (Å²) in [6, 6.07) is 31.0. The van der Waals surface area contributed by atoms with Gasteiger partial charge >= 0.3 is 5.97 Å². The molecular weight excluding hydrogens is 460 g/mol. The number of hydrogen-bond acceptors (Lipinski definition) is 5. The molecule has 0 amide bonds. The van der Waals surface area contributed by atoms with Crippen LogP contribution in [0.5, 0.6) is 5.75 Å². The molecule has 178 valence electrons. The zero-order valence-corrected chi connectivity index (χ0v) is 20.1. The van der Waals surface area contributed by atoms with E-state index in [1.54, 1.807) is 36.0 Å². The molecule has 1 N–H and O–H groups in total. The molecule has 0 aliphatic rings. The first kappa shape index (κ1) is 24.3. The Morgan fingerprint density at radius 3 is 2.23 bits per heavy atom. The van der Waals surface area contributed by atoms with Crippen molar-refractivity contribution in [3.63, 3.8) is 0 Å². The van der Waals surface area contributed by atoms with Crippen LogP contribution in [0.15, 0.2) is 107 Å². The second-order valence-corrected chi connectivity index (χ2v) is 9.16. The lowest BCUT2D eigenvalue weighted by Crippen LogP contribution is -2.25. The van der Waals surface area contributed by atoms with Gasteiger partial charge in [0.2, 0.25) is 0 Å². The van der Waals surface area contributed by atoms with Gasteiger partial charge in [0.1, 0.15) is 5.75 Å². The fourth-order valence-corrected chi connectivity index (χ4v) is 4.62. The molecule has 4 rings (SSSR count). The third-order valence-corrected chi connectivity index (χ3v) is 6.46. The van der Waals surface area contributed by atoms with Gasteiger partial charge < -0.3 is 9.84 Å². The van der Waals surface area contributed by atoms with E-state index in [0.717, 1.165) is 21.7 Å². The number of carbonyl (C=O) groups is 1. The lowest BCUT2D eigenvalue weighted by atomic mass is 9.88. The molecule has 35 heavy (non-hydrogen) atoms. The minimum absolute atomic E-state index is 0.0815. The Balaban J connectivity index is 1.51. The zero-order valence-electron chi connectivity index (χ0n) is 19.3. The number of aryl methyl sites for hydroxylation is 1. The van der Waals surface area contributed by atoms with Crippen LogP contribution in [0.1, 0.15) is 29.7 Å². The van der Waals surface area contributed by atoms with Crippen molar-refractivity contribution in [3.05, 3.63) is 124 Å². The van der Waals surface area contributed by atoms with Crippen LogP contribution < -0.4 is 10.3 Å². The summed E-state index contributed by atoms with van der Waals surface area (Å²) in [5.74, 6) is 0.0192. The summed E-state index contributed by atoms with van der Waals surface area (Å²) in [4.78, 5) is 24.5. The predicted octanol–water partition coefficient (Wildman–Crippen LogP) is 5.07. The number of ether oxygens (including phenoxy) is 1. The number of thioether (sulfide) groups is 1. The van der Waals surface area contributed by atoms with Gasteiger partial charge in [-0.2, -0.15) is 5.10 Å². The van der Waals surface area contributed by atoms with E-state index >= 15 is 0 Å². The van der Waals surface area contributed by atoms with Crippen molar-refractivity contribution in [1.29, 1.82) is 0 Å². The Labute approximate surface area is 208 Å². The van der Waals surface area contributed by atoms with Gasteiger partial charge in [0.25, 0.3) is 5.56 Å². The van der Waals surface area contributed by atoms with Gasteiger partial charge in [-0.25, -0.2) is 9.48 Å². The SMILES string of the molecule is C[C@H](Oc1cccc(SCCn2nc(C(c3ccccc3)c3ccccc3)ccc2=O)c1)C(=O)O. The highest BCUT2D eigenvalue weighted by molar-refractivity contribution is 7.99. The summed E-state index contributed by atoms with van der Waals surface area (Å²) in [5.41, 5.74) is 2.88. The molecule has 1 aromatic heterocycles. The van der Waals surface area contributed by atoms with Crippen LogP contribution in [0.3, 0.4) is 0 Å². The molecule has 0 fully saturated rings. The first-order chi connectivity index (χ1) is 17.0. The fraction of sp³-hybridized carbons (Fsp3) is 0.179. The molecule has 7 heteroatoms. The Morgan fingerprint density at radius 2 is 1.60 bits per heavy atom. The number of benzene rings is 3. The third kappa shape index (κ3) is 6.39. The Hall–Kier alpha value is -3.84. The van der Waals surface area contributed by atoms with E-state index in [-0.39, 0.29) is 11.5 Å². The van der Waals surface area contributed by atoms with Crippen molar-refractivity contribution in [3.8, 4) is 5.75 Å². The molecule has 0 saturated carbocycles. The average molecular weight is 487 g/mol. The van der Waals surface area contributed by atoms with Crippen LogP contribution in [-0.4, -0.2) is 32.7 Å². The summed E-state index contributed by atoms with van der Waals surface area (Å²) in [5, 5.41) is 13.8. The van der Waals surface area contributed by atoms with Crippen LogP contribution in [0, 0.1) is 0 Å². The minimum Gasteiger partial charge on any atom is -0.479 e. The van der Waals surface area contributed by atoms with Crippen molar-refractivity contribution in [1.82, 2.24) is 9.78 Å². The van der Waals surface area contributed by atoms with E-state index in [0.29, 0.717) is 18.0 Å². The maximum atomic E-state index is 12.6. The quantitative estimate of drug-likeness (QED) is 0.315. The molecule has 0 radical (unpaired) electrons. The highest BCUT2D eigenvalue weighted by Gasteiger charge is 2.19. The van der Waals surface area contributed by atoms with Gasteiger partial charge in [0.05, 0.1) is 18.2 Å². The first-order valence-electron chi connectivity index (χ1n) is 11.3. The molecule has 0 aliphatic carbocycles. The molecule has 0 spiro atoms. The monoisotopic (exact) mass is 486 g/mol. The second-order valence-electron chi connectivity index (χ2n) is 8.00. The molecular formula is C28H26N2O4S. The molecule has 4 aromatic rings. The Morgan fingerprint density at radius 1 is 0.943 bits per heavy atom.